The van der Waals surface area contributed by atoms with Crippen LogP contribution in [0.1, 0.15) is 62.5 Å². The molecular formula is C27H32Cl3N7O2S. The summed E-state index contributed by atoms with van der Waals surface area (Å²) < 4.78 is 27.7. The Bertz CT molecular complexity index is 1580. The number of rotatable bonds is 7. The maximum atomic E-state index is 11.6. The Kier molecular flexibility index (Phi) is 9.45. The molecule has 13 heteroatoms. The highest BCUT2D eigenvalue weighted by atomic mass is 35.5. The van der Waals surface area contributed by atoms with Crippen LogP contribution in [0, 0.1) is 17.2 Å². The molecule has 3 heterocycles. The number of nitriles is 1. The smallest absolute Gasteiger partial charge is 0.208 e. The first-order chi connectivity index (χ1) is 18.6. The second-order valence-corrected chi connectivity index (χ2v) is 13.2. The second kappa shape index (κ2) is 12.3. The summed E-state index contributed by atoms with van der Waals surface area (Å²) in [6.45, 7) is 5.61. The van der Waals surface area contributed by atoms with Crippen LogP contribution in [0.15, 0.2) is 30.5 Å². The van der Waals surface area contributed by atoms with Gasteiger partial charge in [0.05, 0.1) is 24.2 Å². The summed E-state index contributed by atoms with van der Waals surface area (Å²) in [5.74, 6) is 0.354. The van der Waals surface area contributed by atoms with Gasteiger partial charge in [0.25, 0.3) is 0 Å². The number of hydrogen-bond acceptors (Lipinski definition) is 7. The largest absolute Gasteiger partial charge is 0.296 e. The minimum Gasteiger partial charge on any atom is -0.296 e. The van der Waals surface area contributed by atoms with E-state index in [2.05, 4.69) is 38.8 Å². The summed E-state index contributed by atoms with van der Waals surface area (Å²) >= 11 is 12.6. The lowest BCUT2D eigenvalue weighted by Crippen LogP contribution is -2.48. The van der Waals surface area contributed by atoms with Crippen LogP contribution in [0.2, 0.25) is 10.0 Å². The van der Waals surface area contributed by atoms with Crippen LogP contribution in [-0.4, -0.2) is 64.5 Å². The summed E-state index contributed by atoms with van der Waals surface area (Å²) in [5, 5.41) is 15.3. The number of nitrogens with one attached hydrogen (secondary N) is 1. The van der Waals surface area contributed by atoms with Crippen LogP contribution < -0.4 is 4.72 Å². The molecular weight excluding hydrogens is 593 g/mol. The number of hydrogen-bond donors (Lipinski definition) is 1. The van der Waals surface area contributed by atoms with Gasteiger partial charge in [0.2, 0.25) is 10.0 Å². The van der Waals surface area contributed by atoms with Crippen molar-refractivity contribution in [2.75, 3.05) is 19.3 Å². The van der Waals surface area contributed by atoms with Crippen molar-refractivity contribution in [1.29, 1.82) is 5.26 Å². The summed E-state index contributed by atoms with van der Waals surface area (Å²) in [4.78, 5) is 12.0. The van der Waals surface area contributed by atoms with Gasteiger partial charge in [0.1, 0.15) is 11.6 Å². The fourth-order valence-electron chi connectivity index (χ4n) is 5.88. The summed E-state index contributed by atoms with van der Waals surface area (Å²) in [5.41, 5.74) is 3.91. The van der Waals surface area contributed by atoms with Crippen molar-refractivity contribution in [3.8, 4) is 6.07 Å². The van der Waals surface area contributed by atoms with Crippen molar-refractivity contribution in [3.05, 3.63) is 57.5 Å². The van der Waals surface area contributed by atoms with Gasteiger partial charge in [-0.25, -0.2) is 27.8 Å². The number of nitrogens with zero attached hydrogens (tertiary/aromatic N) is 6. The van der Waals surface area contributed by atoms with Crippen LogP contribution in [0.5, 0.6) is 0 Å². The Morgan fingerprint density at radius 2 is 2.08 bits per heavy atom. The Balaban J connectivity index is 0.00000370. The zero-order valence-electron chi connectivity index (χ0n) is 22.5. The second-order valence-electron chi connectivity index (χ2n) is 10.5. The van der Waals surface area contributed by atoms with Gasteiger partial charge in [-0.05, 0) is 68.3 Å². The maximum Gasteiger partial charge on any atom is 0.208 e. The van der Waals surface area contributed by atoms with E-state index in [-0.39, 0.29) is 30.2 Å². The average molecular weight is 625 g/mol. The summed E-state index contributed by atoms with van der Waals surface area (Å²) in [6.07, 6.45) is 8.90. The Morgan fingerprint density at radius 1 is 1.30 bits per heavy atom. The molecule has 5 rings (SSSR count). The number of benzene rings is 1. The molecule has 1 aliphatic carbocycles. The molecule has 2 aromatic heterocycles. The molecule has 3 aromatic rings. The molecule has 1 aromatic carbocycles. The minimum absolute atomic E-state index is 0. The lowest BCUT2D eigenvalue weighted by Gasteiger charge is -2.39. The van der Waals surface area contributed by atoms with E-state index < -0.39 is 10.0 Å². The van der Waals surface area contributed by atoms with Crippen LogP contribution in [-0.2, 0) is 10.0 Å². The van der Waals surface area contributed by atoms with Gasteiger partial charge in [-0.3, -0.25) is 4.90 Å². The predicted molar refractivity (Wildman–Crippen MR) is 160 cm³/mol. The molecule has 1 saturated heterocycles. The molecule has 0 bridgehead atoms. The molecule has 214 valence electrons. The molecule has 0 spiro atoms. The van der Waals surface area contributed by atoms with Crippen LogP contribution in [0.3, 0.4) is 0 Å². The Labute approximate surface area is 251 Å². The molecule has 0 radical (unpaired) electrons. The van der Waals surface area contributed by atoms with Gasteiger partial charge in [-0.2, -0.15) is 10.4 Å². The number of fused-ring (bicyclic) bond motifs is 1. The van der Waals surface area contributed by atoms with Gasteiger partial charge >= 0.3 is 0 Å². The Morgan fingerprint density at radius 3 is 2.75 bits per heavy atom. The van der Waals surface area contributed by atoms with E-state index in [1.807, 2.05) is 13.0 Å². The van der Waals surface area contributed by atoms with Crippen LogP contribution >= 0.6 is 35.6 Å². The average Bonchev–Trinajstić information content (AvgIpc) is 3.51. The number of likely N-dealkylation sites (tertiary alicyclic amines) is 1. The molecule has 4 atom stereocenters. The molecule has 1 N–H and O–H groups in total. The number of sulfonamides is 1. The van der Waals surface area contributed by atoms with Gasteiger partial charge in [-0.15, -0.1) is 12.4 Å². The highest BCUT2D eigenvalue weighted by Crippen LogP contribution is 2.37. The Hall–Kier alpha value is -2.26. The third-order valence-electron chi connectivity index (χ3n) is 7.85. The first-order valence-corrected chi connectivity index (χ1v) is 15.7. The fourth-order valence-corrected chi connectivity index (χ4v) is 6.94. The molecule has 2 aliphatic rings. The molecule has 0 amide bonds. The van der Waals surface area contributed by atoms with E-state index in [4.69, 9.17) is 28.2 Å². The maximum absolute atomic E-state index is 11.6. The third-order valence-corrected chi connectivity index (χ3v) is 9.11. The zero-order valence-corrected chi connectivity index (χ0v) is 25.7. The number of allylic oxidation sites excluding steroid dienone is 1. The van der Waals surface area contributed by atoms with Gasteiger partial charge < -0.3 is 0 Å². The summed E-state index contributed by atoms with van der Waals surface area (Å²) in [6, 6.07) is 7.71. The van der Waals surface area contributed by atoms with Crippen molar-refractivity contribution in [2.24, 2.45) is 5.92 Å². The van der Waals surface area contributed by atoms with Crippen LogP contribution in [0.25, 0.3) is 16.7 Å². The lowest BCUT2D eigenvalue weighted by molar-refractivity contribution is 0.133. The van der Waals surface area contributed by atoms with E-state index in [9.17, 15) is 13.7 Å². The van der Waals surface area contributed by atoms with Gasteiger partial charge in [0, 0.05) is 28.7 Å². The van der Waals surface area contributed by atoms with Gasteiger partial charge in [0.15, 0.2) is 11.3 Å². The summed E-state index contributed by atoms with van der Waals surface area (Å²) in [7, 11) is -3.22. The first-order valence-electron chi connectivity index (χ1n) is 13.1. The third kappa shape index (κ3) is 6.30. The predicted octanol–water partition coefficient (Wildman–Crippen LogP) is 5.23. The van der Waals surface area contributed by atoms with Crippen molar-refractivity contribution in [1.82, 2.24) is 29.4 Å². The first kappa shape index (κ1) is 30.7. The lowest BCUT2D eigenvalue weighted by atomic mass is 9.83. The quantitative estimate of drug-likeness (QED) is 0.383. The topological polar surface area (TPSA) is 117 Å². The minimum atomic E-state index is -3.22. The van der Waals surface area contributed by atoms with E-state index >= 15 is 0 Å². The van der Waals surface area contributed by atoms with Crippen LogP contribution in [0.4, 0.5) is 0 Å². The molecule has 1 unspecified atom stereocenters. The standard InChI is InChI=1S/C27H31Cl2N7O2S.ClH/c1-16-11-18(6-9-25(16)35-10-4-5-20(35)14-32-39(3,37)38)24-15-31-26-23(13-30)34-36(27(26)33-24)17(2)21-8-7-19(28)12-22(21)29;/h6-8,12,15-17,20,25,32H,4-5,9-11,14H2,1-3H3;1H/t16-,17-,20+,25?;/m1./s1. The number of aromatic nitrogens is 4. The van der Waals surface area contributed by atoms with Gasteiger partial charge in [-0.1, -0.05) is 42.3 Å². The molecule has 0 saturated carbocycles. The molecule has 1 aliphatic heterocycles. The SMILES string of the molecule is C[C@@H]1CC(c2cnc3c(C#N)nn([C@H](C)c4ccc(Cl)cc4Cl)c3n2)=CCC1N1CCC[C@H]1CNS(C)(=O)=O.Cl. The van der Waals surface area contributed by atoms with Crippen molar-refractivity contribution >= 4 is 62.4 Å². The van der Waals surface area contributed by atoms with E-state index in [1.165, 1.54) is 6.26 Å². The monoisotopic (exact) mass is 623 g/mol. The molecule has 9 nitrogen and oxygen atoms in total. The van der Waals surface area contributed by atoms with E-state index in [1.54, 1.807) is 23.0 Å². The fraction of sp³-hybridized carbons (Fsp3) is 0.481. The van der Waals surface area contributed by atoms with Crippen molar-refractivity contribution in [2.45, 2.75) is 57.7 Å². The van der Waals surface area contributed by atoms with E-state index in [0.717, 1.165) is 49.1 Å². The molecule has 1 fully saturated rings. The zero-order chi connectivity index (χ0) is 27.9. The normalized spacial score (nSPS) is 22.5. The van der Waals surface area contributed by atoms with Crippen molar-refractivity contribution in [3.63, 3.8) is 0 Å². The highest BCUT2D eigenvalue weighted by molar-refractivity contribution is 7.88. The van der Waals surface area contributed by atoms with Crippen molar-refractivity contribution < 1.29 is 8.42 Å². The number of halogens is 3. The molecule has 40 heavy (non-hydrogen) atoms. The highest BCUT2D eigenvalue weighted by Gasteiger charge is 2.35. The van der Waals surface area contributed by atoms with E-state index in [0.29, 0.717) is 39.7 Å².